The molecule has 0 aromatic carbocycles. The van der Waals surface area contributed by atoms with Crippen LogP contribution in [-0.4, -0.2) is 11.2 Å². The zero-order valence-corrected chi connectivity index (χ0v) is 13.9. The highest BCUT2D eigenvalue weighted by molar-refractivity contribution is 5.27. The van der Waals surface area contributed by atoms with Gasteiger partial charge in [0.15, 0.2) is 0 Å². The minimum Gasteiger partial charge on any atom is -0.393 e. The monoisotopic (exact) mass is 288 g/mol. The molecule has 2 fully saturated rings. The summed E-state index contributed by atoms with van der Waals surface area (Å²) in [6.45, 7) is 5.04. The Hall–Kier alpha value is -0.300. The van der Waals surface area contributed by atoms with Gasteiger partial charge >= 0.3 is 0 Å². The van der Waals surface area contributed by atoms with Crippen molar-refractivity contribution in [2.45, 2.75) is 84.2 Å². The highest BCUT2D eigenvalue weighted by Crippen LogP contribution is 2.63. The molecule has 0 spiro atoms. The summed E-state index contributed by atoms with van der Waals surface area (Å²) < 4.78 is 0. The summed E-state index contributed by atoms with van der Waals surface area (Å²) in [6, 6.07) is 0. The Morgan fingerprint density at radius 3 is 2.76 bits per heavy atom. The van der Waals surface area contributed by atoms with Crippen molar-refractivity contribution in [1.82, 2.24) is 0 Å². The molecule has 0 amide bonds. The van der Waals surface area contributed by atoms with Crippen LogP contribution in [0.2, 0.25) is 0 Å². The van der Waals surface area contributed by atoms with Gasteiger partial charge in [0, 0.05) is 0 Å². The molecule has 6 atom stereocenters. The fourth-order valence-electron chi connectivity index (χ4n) is 6.97. The van der Waals surface area contributed by atoms with E-state index in [1.165, 1.54) is 51.4 Å². The fourth-order valence-corrected chi connectivity index (χ4v) is 6.97. The van der Waals surface area contributed by atoms with Gasteiger partial charge in [0.05, 0.1) is 6.10 Å². The van der Waals surface area contributed by atoms with Crippen molar-refractivity contribution in [1.29, 1.82) is 0 Å². The SMILES string of the molecule is CC[C@H]1CC[C@H]2[C@@H]3CCC4=C(CCC(O)C4)[C@H]3CC[C@]12C. The second-order valence-corrected chi connectivity index (χ2v) is 8.67. The summed E-state index contributed by atoms with van der Waals surface area (Å²) in [5.41, 5.74) is 4.14. The van der Waals surface area contributed by atoms with Crippen LogP contribution in [0.3, 0.4) is 0 Å². The van der Waals surface area contributed by atoms with Gasteiger partial charge in [-0.25, -0.2) is 0 Å². The van der Waals surface area contributed by atoms with Gasteiger partial charge in [-0.05, 0) is 86.9 Å². The molecule has 1 heteroatoms. The van der Waals surface area contributed by atoms with Crippen LogP contribution in [0.4, 0.5) is 0 Å². The maximum absolute atomic E-state index is 9.97. The lowest BCUT2D eigenvalue weighted by atomic mass is 9.53. The normalized spacial score (nSPS) is 49.6. The molecule has 1 unspecified atom stereocenters. The molecular formula is C20H32O. The summed E-state index contributed by atoms with van der Waals surface area (Å²) in [5.74, 6) is 3.87. The largest absolute Gasteiger partial charge is 0.393 e. The first kappa shape index (κ1) is 14.3. The van der Waals surface area contributed by atoms with Gasteiger partial charge in [0.25, 0.3) is 0 Å². The quantitative estimate of drug-likeness (QED) is 0.666. The predicted molar refractivity (Wildman–Crippen MR) is 86.9 cm³/mol. The average Bonchev–Trinajstić information content (AvgIpc) is 2.83. The predicted octanol–water partition coefficient (Wildman–Crippen LogP) is 5.09. The van der Waals surface area contributed by atoms with Crippen molar-refractivity contribution in [3.8, 4) is 0 Å². The van der Waals surface area contributed by atoms with Gasteiger partial charge in [0.1, 0.15) is 0 Å². The first-order valence-corrected chi connectivity index (χ1v) is 9.52. The molecule has 118 valence electrons. The zero-order chi connectivity index (χ0) is 14.6. The fraction of sp³-hybridized carbons (Fsp3) is 0.900. The molecule has 1 N–H and O–H groups in total. The van der Waals surface area contributed by atoms with Gasteiger partial charge in [-0.3, -0.25) is 0 Å². The highest BCUT2D eigenvalue weighted by Gasteiger charge is 2.54. The molecule has 0 bridgehead atoms. The van der Waals surface area contributed by atoms with E-state index < -0.39 is 0 Å². The molecule has 0 radical (unpaired) electrons. The molecule has 0 aromatic rings. The van der Waals surface area contributed by atoms with Gasteiger partial charge in [-0.1, -0.05) is 31.4 Å². The molecule has 2 saturated carbocycles. The van der Waals surface area contributed by atoms with E-state index in [1.54, 1.807) is 5.57 Å². The van der Waals surface area contributed by atoms with E-state index in [2.05, 4.69) is 13.8 Å². The third-order valence-electron chi connectivity index (χ3n) is 8.04. The smallest absolute Gasteiger partial charge is 0.0580 e. The second-order valence-electron chi connectivity index (χ2n) is 8.67. The number of hydrogen-bond acceptors (Lipinski definition) is 1. The summed E-state index contributed by atoms with van der Waals surface area (Å²) in [7, 11) is 0. The van der Waals surface area contributed by atoms with Crippen molar-refractivity contribution in [3.63, 3.8) is 0 Å². The van der Waals surface area contributed by atoms with Crippen molar-refractivity contribution >= 4 is 0 Å². The summed E-state index contributed by atoms with van der Waals surface area (Å²) in [6.07, 6.45) is 13.2. The van der Waals surface area contributed by atoms with E-state index in [9.17, 15) is 5.11 Å². The Kier molecular flexibility index (Phi) is 3.48. The molecular weight excluding hydrogens is 256 g/mol. The lowest BCUT2D eigenvalue weighted by Crippen LogP contribution is -2.44. The maximum Gasteiger partial charge on any atom is 0.0580 e. The zero-order valence-electron chi connectivity index (χ0n) is 13.9. The van der Waals surface area contributed by atoms with Crippen molar-refractivity contribution in [2.75, 3.05) is 0 Å². The summed E-state index contributed by atoms with van der Waals surface area (Å²) in [4.78, 5) is 0. The Morgan fingerprint density at radius 1 is 1.10 bits per heavy atom. The van der Waals surface area contributed by atoms with Crippen LogP contribution in [0.5, 0.6) is 0 Å². The average molecular weight is 288 g/mol. The third kappa shape index (κ3) is 2.06. The van der Waals surface area contributed by atoms with Crippen molar-refractivity contribution in [3.05, 3.63) is 11.1 Å². The Bertz CT molecular complexity index is 451. The molecule has 4 rings (SSSR count). The molecule has 4 aliphatic rings. The van der Waals surface area contributed by atoms with E-state index in [4.69, 9.17) is 0 Å². The van der Waals surface area contributed by atoms with E-state index in [1.807, 2.05) is 5.57 Å². The van der Waals surface area contributed by atoms with Crippen LogP contribution in [0, 0.1) is 29.1 Å². The standard InChI is InChI=1S/C20H32O/c1-3-14-5-9-19-18-7-4-13-12-15(21)6-8-16(13)17(18)10-11-20(14,19)2/h14-15,17-19,21H,3-12H2,1-2H3/t14-,15?,17+,18+,19-,20+/m0/s1. The lowest BCUT2D eigenvalue weighted by Gasteiger charge is -2.52. The third-order valence-corrected chi connectivity index (χ3v) is 8.04. The minimum atomic E-state index is -0.0369. The Balaban J connectivity index is 1.62. The number of hydrogen-bond donors (Lipinski definition) is 1. The van der Waals surface area contributed by atoms with Crippen LogP contribution in [0.25, 0.3) is 0 Å². The van der Waals surface area contributed by atoms with Gasteiger partial charge in [0.2, 0.25) is 0 Å². The van der Waals surface area contributed by atoms with E-state index in [-0.39, 0.29) is 6.10 Å². The second kappa shape index (κ2) is 5.11. The van der Waals surface area contributed by atoms with E-state index in [0.29, 0.717) is 5.41 Å². The number of fused-ring (bicyclic) bond motifs is 4. The number of rotatable bonds is 1. The molecule has 21 heavy (non-hydrogen) atoms. The number of aliphatic hydroxyl groups excluding tert-OH is 1. The van der Waals surface area contributed by atoms with Gasteiger partial charge < -0.3 is 5.11 Å². The van der Waals surface area contributed by atoms with Crippen molar-refractivity contribution < 1.29 is 5.11 Å². The highest BCUT2D eigenvalue weighted by atomic mass is 16.3. The van der Waals surface area contributed by atoms with Crippen LogP contribution in [0.15, 0.2) is 11.1 Å². The van der Waals surface area contributed by atoms with Crippen molar-refractivity contribution in [2.24, 2.45) is 29.1 Å². The minimum absolute atomic E-state index is 0.0369. The van der Waals surface area contributed by atoms with E-state index in [0.717, 1.165) is 36.5 Å². The number of aliphatic hydroxyl groups is 1. The molecule has 0 aromatic heterocycles. The van der Waals surface area contributed by atoms with Crippen LogP contribution in [0.1, 0.15) is 78.1 Å². The van der Waals surface area contributed by atoms with Gasteiger partial charge in [-0.2, -0.15) is 0 Å². The van der Waals surface area contributed by atoms with Crippen LogP contribution < -0.4 is 0 Å². The first-order chi connectivity index (χ1) is 10.1. The molecule has 1 nitrogen and oxygen atoms in total. The number of allylic oxidation sites excluding steroid dienone is 1. The Morgan fingerprint density at radius 2 is 1.95 bits per heavy atom. The summed E-state index contributed by atoms with van der Waals surface area (Å²) in [5, 5.41) is 9.97. The lowest BCUT2D eigenvalue weighted by molar-refractivity contribution is 0.00971. The van der Waals surface area contributed by atoms with E-state index >= 15 is 0 Å². The first-order valence-electron chi connectivity index (χ1n) is 9.52. The maximum atomic E-state index is 9.97. The molecule has 0 heterocycles. The van der Waals surface area contributed by atoms with Crippen LogP contribution >= 0.6 is 0 Å². The van der Waals surface area contributed by atoms with Crippen LogP contribution in [-0.2, 0) is 0 Å². The molecule has 4 aliphatic carbocycles. The molecule has 0 saturated heterocycles. The summed E-state index contributed by atoms with van der Waals surface area (Å²) >= 11 is 0. The van der Waals surface area contributed by atoms with Gasteiger partial charge in [-0.15, -0.1) is 0 Å². The topological polar surface area (TPSA) is 20.2 Å². The Labute approximate surface area is 130 Å². The molecule has 0 aliphatic heterocycles.